The van der Waals surface area contributed by atoms with Crippen LogP contribution in [-0.4, -0.2) is 50.9 Å². The molecule has 42 heavy (non-hydrogen) atoms. The summed E-state index contributed by atoms with van der Waals surface area (Å²) in [6.45, 7) is 8.38. The van der Waals surface area contributed by atoms with Gasteiger partial charge in [0.1, 0.15) is 17.5 Å². The molecule has 9 heteroatoms. The lowest BCUT2D eigenvalue weighted by Gasteiger charge is -2.60. The smallest absolute Gasteiger partial charge is 0.224 e. The van der Waals surface area contributed by atoms with Gasteiger partial charge in [-0.3, -0.25) is 0 Å². The molecule has 7 rings (SSSR count). The minimum Gasteiger partial charge on any atom is -0.475 e. The molecule has 0 saturated heterocycles. The summed E-state index contributed by atoms with van der Waals surface area (Å²) >= 11 is 0. The Bertz CT molecular complexity index is 1270. The number of aromatic nitrogens is 3. The summed E-state index contributed by atoms with van der Waals surface area (Å²) in [6.07, 6.45) is 13.9. The second kappa shape index (κ2) is 12.0. The van der Waals surface area contributed by atoms with E-state index in [1.54, 1.807) is 12.4 Å². The first-order valence-electron chi connectivity index (χ1n) is 16.0. The number of anilines is 2. The van der Waals surface area contributed by atoms with Gasteiger partial charge in [-0.05, 0) is 120 Å². The Hall–Kier alpha value is -2.96. The topological polar surface area (TPSA) is 128 Å². The fraction of sp³-hybridized carbons (Fsp3) is 0.697. The molecule has 0 radical (unpaired) electrons. The molecule has 4 bridgehead atoms. The van der Waals surface area contributed by atoms with Gasteiger partial charge in [0.15, 0.2) is 0 Å². The van der Waals surface area contributed by atoms with Crippen LogP contribution < -0.4 is 20.7 Å². The van der Waals surface area contributed by atoms with Crippen LogP contribution >= 0.6 is 0 Å². The van der Waals surface area contributed by atoms with E-state index < -0.39 is 5.60 Å². The molecule has 5 saturated carbocycles. The average Bonchev–Trinajstić information content (AvgIpc) is 2.95. The normalized spacial score (nSPS) is 33.4. The van der Waals surface area contributed by atoms with E-state index in [4.69, 9.17) is 9.72 Å². The molecule has 5 atom stereocenters. The average molecular weight is 574 g/mol. The Balaban J connectivity index is 1.07. The number of aliphatic hydroxyl groups is 1. The molecule has 5 fully saturated rings. The largest absolute Gasteiger partial charge is 0.475 e. The third-order valence-electron chi connectivity index (χ3n) is 10.4. The highest BCUT2D eigenvalue weighted by Gasteiger charge is 2.55. The lowest BCUT2D eigenvalue weighted by atomic mass is 9.48. The van der Waals surface area contributed by atoms with Crippen molar-refractivity contribution < 1.29 is 9.84 Å². The third-order valence-corrected chi connectivity index (χ3v) is 10.4. The van der Waals surface area contributed by atoms with E-state index in [1.165, 1.54) is 32.1 Å². The lowest BCUT2D eigenvalue weighted by Crippen LogP contribution is -2.60. The Morgan fingerprint density at radius 1 is 1.12 bits per heavy atom. The predicted molar refractivity (Wildman–Crippen MR) is 163 cm³/mol. The van der Waals surface area contributed by atoms with Gasteiger partial charge in [0.05, 0.1) is 17.9 Å². The molecule has 2 aromatic heterocycles. The van der Waals surface area contributed by atoms with Crippen molar-refractivity contribution in [1.82, 2.24) is 20.3 Å². The molecule has 4 N–H and O–H groups in total. The SMILES string of the molecule is CC(C)Oc1ncccc1CNc1ncc(C#N)c(NC[C@]23CC4C[C@H](C2)[C@@H](NC[C@H]2CC[C@@](C)(O)CC2)[C@@H](C4)C3)n1. The fourth-order valence-corrected chi connectivity index (χ4v) is 8.57. The molecule has 0 spiro atoms. The van der Waals surface area contributed by atoms with E-state index in [0.717, 1.165) is 62.1 Å². The first-order chi connectivity index (χ1) is 20.2. The van der Waals surface area contributed by atoms with Gasteiger partial charge in [-0.1, -0.05) is 6.07 Å². The van der Waals surface area contributed by atoms with E-state index in [9.17, 15) is 10.4 Å². The number of ether oxygens (including phenoxy) is 1. The van der Waals surface area contributed by atoms with E-state index in [1.807, 2.05) is 32.9 Å². The van der Waals surface area contributed by atoms with E-state index in [2.05, 4.69) is 32.0 Å². The summed E-state index contributed by atoms with van der Waals surface area (Å²) in [4.78, 5) is 13.5. The molecule has 0 aliphatic heterocycles. The van der Waals surface area contributed by atoms with Crippen molar-refractivity contribution in [2.45, 2.75) is 103 Å². The van der Waals surface area contributed by atoms with Gasteiger partial charge in [0, 0.05) is 30.9 Å². The summed E-state index contributed by atoms with van der Waals surface area (Å²) in [7, 11) is 0. The quantitative estimate of drug-likeness (QED) is 0.284. The number of hydrogen-bond donors (Lipinski definition) is 4. The summed E-state index contributed by atoms with van der Waals surface area (Å²) < 4.78 is 5.85. The molecule has 2 aromatic rings. The van der Waals surface area contributed by atoms with Gasteiger partial charge in [0.25, 0.3) is 0 Å². The Labute approximate surface area is 250 Å². The summed E-state index contributed by atoms with van der Waals surface area (Å²) in [5.74, 6) is 4.65. The van der Waals surface area contributed by atoms with Crippen LogP contribution in [0.2, 0.25) is 0 Å². The first kappa shape index (κ1) is 29.1. The molecule has 226 valence electrons. The number of pyridine rings is 1. The number of nitrogens with one attached hydrogen (secondary N) is 3. The Morgan fingerprint density at radius 2 is 1.88 bits per heavy atom. The number of nitriles is 1. The molecule has 2 heterocycles. The first-order valence-corrected chi connectivity index (χ1v) is 16.0. The fourth-order valence-electron chi connectivity index (χ4n) is 8.57. The van der Waals surface area contributed by atoms with Gasteiger partial charge >= 0.3 is 0 Å². The van der Waals surface area contributed by atoms with E-state index >= 15 is 0 Å². The predicted octanol–water partition coefficient (Wildman–Crippen LogP) is 5.28. The summed E-state index contributed by atoms with van der Waals surface area (Å²) in [5, 5.41) is 31.1. The maximum atomic E-state index is 10.3. The highest BCUT2D eigenvalue weighted by molar-refractivity contribution is 5.53. The molecule has 5 aliphatic rings. The molecule has 0 aromatic carbocycles. The third kappa shape index (κ3) is 6.50. The standard InChI is InChI=1S/C33H47N7O2/c1-21(2)42-30-24(5-4-10-35-30)18-37-31-38-19-27(16-34)29(40-31)39-20-33-13-23-11-25(14-33)28(26(12-23)15-33)36-17-22-6-8-32(3,41)9-7-22/h4-5,10,19,21-23,25-26,28,36,41H,6-9,11-15,17-18,20H2,1-3H3,(H2,37,38,39,40)/t22-,23?,25-,26+,28-,32+,33-. The molecule has 9 nitrogen and oxygen atoms in total. The van der Waals surface area contributed by atoms with Crippen LogP contribution in [0.5, 0.6) is 5.88 Å². The van der Waals surface area contributed by atoms with Crippen molar-refractivity contribution in [1.29, 1.82) is 5.26 Å². The number of nitrogens with zero attached hydrogens (tertiary/aromatic N) is 4. The van der Waals surface area contributed by atoms with Crippen molar-refractivity contribution in [3.8, 4) is 11.9 Å². The van der Waals surface area contributed by atoms with Crippen LogP contribution in [0.15, 0.2) is 24.5 Å². The highest BCUT2D eigenvalue weighted by Crippen LogP contribution is 2.60. The number of hydrogen-bond acceptors (Lipinski definition) is 9. The second-order valence-electron chi connectivity index (χ2n) is 14.3. The zero-order valence-corrected chi connectivity index (χ0v) is 25.4. The summed E-state index contributed by atoms with van der Waals surface area (Å²) in [6, 6.07) is 6.77. The van der Waals surface area contributed by atoms with Gasteiger partial charge in [-0.2, -0.15) is 10.2 Å². The van der Waals surface area contributed by atoms with Crippen LogP contribution in [0.4, 0.5) is 11.8 Å². The summed E-state index contributed by atoms with van der Waals surface area (Å²) in [5.41, 5.74) is 1.21. The monoisotopic (exact) mass is 573 g/mol. The van der Waals surface area contributed by atoms with Gasteiger partial charge in [-0.25, -0.2) is 9.97 Å². The minimum atomic E-state index is -0.463. The molecule has 5 aliphatic carbocycles. The van der Waals surface area contributed by atoms with Crippen molar-refractivity contribution in [2.75, 3.05) is 23.7 Å². The van der Waals surface area contributed by atoms with E-state index in [-0.39, 0.29) is 11.5 Å². The molecular weight excluding hydrogens is 526 g/mol. The van der Waals surface area contributed by atoms with Crippen molar-refractivity contribution >= 4 is 11.8 Å². The van der Waals surface area contributed by atoms with E-state index in [0.29, 0.717) is 41.7 Å². The Morgan fingerprint density at radius 3 is 2.60 bits per heavy atom. The second-order valence-corrected chi connectivity index (χ2v) is 14.3. The van der Waals surface area contributed by atoms with Crippen LogP contribution in [-0.2, 0) is 6.54 Å². The van der Waals surface area contributed by atoms with Gasteiger partial charge < -0.3 is 25.8 Å². The Kier molecular flexibility index (Phi) is 8.30. The highest BCUT2D eigenvalue weighted by atomic mass is 16.5. The van der Waals surface area contributed by atoms with Crippen molar-refractivity contribution in [3.05, 3.63) is 35.7 Å². The maximum absolute atomic E-state index is 10.3. The zero-order valence-electron chi connectivity index (χ0n) is 25.4. The van der Waals surface area contributed by atoms with Gasteiger partial charge in [0.2, 0.25) is 11.8 Å². The lowest BCUT2D eigenvalue weighted by molar-refractivity contribution is -0.0711. The van der Waals surface area contributed by atoms with Crippen LogP contribution in [0.1, 0.15) is 89.7 Å². The van der Waals surface area contributed by atoms with Gasteiger partial charge in [-0.15, -0.1) is 0 Å². The number of rotatable bonds is 11. The van der Waals surface area contributed by atoms with Crippen molar-refractivity contribution in [2.24, 2.45) is 29.1 Å². The molecular formula is C33H47N7O2. The maximum Gasteiger partial charge on any atom is 0.224 e. The molecule has 1 unspecified atom stereocenters. The molecule has 0 amide bonds. The zero-order chi connectivity index (χ0) is 29.3. The minimum absolute atomic E-state index is 0.0341. The van der Waals surface area contributed by atoms with Crippen LogP contribution in [0.3, 0.4) is 0 Å². The van der Waals surface area contributed by atoms with Crippen molar-refractivity contribution in [3.63, 3.8) is 0 Å². The van der Waals surface area contributed by atoms with Crippen LogP contribution in [0, 0.1) is 40.4 Å². The van der Waals surface area contributed by atoms with Crippen LogP contribution in [0.25, 0.3) is 0 Å².